The summed E-state index contributed by atoms with van der Waals surface area (Å²) >= 11 is 6.24. The molecule has 1 saturated carbocycles. The zero-order valence-electron chi connectivity index (χ0n) is 16.2. The fourth-order valence-electron chi connectivity index (χ4n) is 3.76. The largest absolute Gasteiger partial charge is 0.356 e. The van der Waals surface area contributed by atoms with Crippen LogP contribution in [0.25, 0.3) is 5.69 Å². The average Bonchev–Trinajstić information content (AvgIpc) is 3.40. The number of amides is 1. The molecule has 2 atom stereocenters. The second kappa shape index (κ2) is 7.80. The maximum atomic E-state index is 12.4. The van der Waals surface area contributed by atoms with Gasteiger partial charge in [-0.25, -0.2) is 4.68 Å². The van der Waals surface area contributed by atoms with E-state index in [1.54, 1.807) is 0 Å². The van der Waals surface area contributed by atoms with Crippen LogP contribution in [0.3, 0.4) is 0 Å². The molecular formula is C23H24ClN3O. The zero-order chi connectivity index (χ0) is 19.7. The molecule has 0 saturated heterocycles. The van der Waals surface area contributed by atoms with Crippen molar-refractivity contribution in [1.82, 2.24) is 15.1 Å². The molecule has 0 bridgehead atoms. The van der Waals surface area contributed by atoms with E-state index >= 15 is 0 Å². The lowest BCUT2D eigenvalue weighted by atomic mass is 10.1. The third-order valence-electron chi connectivity index (χ3n) is 5.34. The van der Waals surface area contributed by atoms with Crippen molar-refractivity contribution in [1.29, 1.82) is 0 Å². The van der Waals surface area contributed by atoms with Crippen molar-refractivity contribution in [2.45, 2.75) is 32.6 Å². The van der Waals surface area contributed by atoms with Crippen LogP contribution in [0.1, 0.15) is 34.9 Å². The molecule has 4 rings (SSSR count). The smallest absolute Gasteiger partial charge is 0.223 e. The number of nitrogens with one attached hydrogen (secondary N) is 1. The summed E-state index contributed by atoms with van der Waals surface area (Å²) in [4.78, 5) is 12.4. The van der Waals surface area contributed by atoms with Gasteiger partial charge in [0, 0.05) is 23.2 Å². The summed E-state index contributed by atoms with van der Waals surface area (Å²) in [6, 6.07) is 18.2. The highest BCUT2D eigenvalue weighted by atomic mass is 35.5. The second-order valence-corrected chi connectivity index (χ2v) is 7.92. The Bertz CT molecular complexity index is 993. The highest BCUT2D eigenvalue weighted by Crippen LogP contribution is 2.49. The number of carbonyl (C=O) groups is 1. The first-order valence-corrected chi connectivity index (χ1v) is 10.1. The van der Waals surface area contributed by atoms with E-state index in [1.165, 1.54) is 5.56 Å². The molecular weight excluding hydrogens is 370 g/mol. The predicted octanol–water partition coefficient (Wildman–Crippen LogP) is 4.60. The van der Waals surface area contributed by atoms with Crippen LogP contribution < -0.4 is 5.32 Å². The van der Waals surface area contributed by atoms with Crippen LogP contribution in [-0.2, 0) is 11.2 Å². The van der Waals surface area contributed by atoms with Crippen molar-refractivity contribution in [3.05, 3.63) is 82.1 Å². The number of aryl methyl sites for hydroxylation is 2. The van der Waals surface area contributed by atoms with E-state index in [1.807, 2.05) is 35.9 Å². The van der Waals surface area contributed by atoms with Gasteiger partial charge < -0.3 is 5.32 Å². The predicted molar refractivity (Wildman–Crippen MR) is 112 cm³/mol. The zero-order valence-corrected chi connectivity index (χ0v) is 16.9. The number of hydrogen-bond acceptors (Lipinski definition) is 2. The van der Waals surface area contributed by atoms with E-state index in [2.05, 4.69) is 47.7 Å². The Labute approximate surface area is 170 Å². The summed E-state index contributed by atoms with van der Waals surface area (Å²) in [6.07, 6.45) is 1.69. The molecule has 0 aliphatic heterocycles. The van der Waals surface area contributed by atoms with E-state index in [9.17, 15) is 4.79 Å². The van der Waals surface area contributed by atoms with Crippen molar-refractivity contribution in [2.75, 3.05) is 6.54 Å². The first-order valence-electron chi connectivity index (χ1n) is 9.67. The Morgan fingerprint density at radius 1 is 1.18 bits per heavy atom. The van der Waals surface area contributed by atoms with Crippen molar-refractivity contribution < 1.29 is 4.79 Å². The number of carbonyl (C=O) groups excluding carboxylic acids is 1. The molecule has 1 N–H and O–H groups in total. The van der Waals surface area contributed by atoms with Gasteiger partial charge in [-0.05, 0) is 68.0 Å². The van der Waals surface area contributed by atoms with E-state index in [0.717, 1.165) is 40.5 Å². The van der Waals surface area contributed by atoms with Crippen LogP contribution >= 0.6 is 11.6 Å². The van der Waals surface area contributed by atoms with Crippen LogP contribution in [0.15, 0.2) is 54.6 Å². The van der Waals surface area contributed by atoms with Crippen molar-refractivity contribution in [3.63, 3.8) is 0 Å². The van der Waals surface area contributed by atoms with Gasteiger partial charge in [0.15, 0.2) is 0 Å². The first kappa shape index (κ1) is 18.8. The highest BCUT2D eigenvalue weighted by Gasteiger charge is 2.44. The lowest BCUT2D eigenvalue weighted by Crippen LogP contribution is -2.27. The molecule has 0 spiro atoms. The summed E-state index contributed by atoms with van der Waals surface area (Å²) in [5.74, 6) is 0.436. The molecule has 0 radical (unpaired) electrons. The Kier molecular flexibility index (Phi) is 5.23. The summed E-state index contributed by atoms with van der Waals surface area (Å²) in [5.41, 5.74) is 5.47. The fourth-order valence-corrected chi connectivity index (χ4v) is 4.04. The molecule has 1 aliphatic carbocycles. The standard InChI is InChI=1S/C23H24ClN3O/c1-15-13-16(2)27(26-15)18-9-7-17(8-10-18)11-12-25-23(28)21-14-20(21)19-5-3-4-6-22(19)24/h3-10,13,20-21H,11-12,14H2,1-2H3,(H,25,28). The number of aromatic nitrogens is 2. The summed E-state index contributed by atoms with van der Waals surface area (Å²) in [5, 5.41) is 8.34. The first-order chi connectivity index (χ1) is 13.5. The molecule has 1 aliphatic rings. The third kappa shape index (κ3) is 3.97. The van der Waals surface area contributed by atoms with Gasteiger partial charge in [0.2, 0.25) is 5.91 Å². The van der Waals surface area contributed by atoms with Gasteiger partial charge in [0.25, 0.3) is 0 Å². The Balaban J connectivity index is 1.28. The van der Waals surface area contributed by atoms with Gasteiger partial charge >= 0.3 is 0 Å². The minimum absolute atomic E-state index is 0.0494. The van der Waals surface area contributed by atoms with Gasteiger partial charge in [-0.3, -0.25) is 4.79 Å². The molecule has 3 aromatic rings. The number of benzene rings is 2. The molecule has 4 nitrogen and oxygen atoms in total. The number of nitrogens with zero attached hydrogens (tertiary/aromatic N) is 2. The highest BCUT2D eigenvalue weighted by molar-refractivity contribution is 6.31. The van der Waals surface area contributed by atoms with Gasteiger partial charge in [-0.15, -0.1) is 0 Å². The topological polar surface area (TPSA) is 46.9 Å². The third-order valence-corrected chi connectivity index (χ3v) is 5.68. The Hall–Kier alpha value is -2.59. The van der Waals surface area contributed by atoms with E-state index in [0.29, 0.717) is 6.54 Å². The number of hydrogen-bond donors (Lipinski definition) is 1. The summed E-state index contributed by atoms with van der Waals surface area (Å²) in [6.45, 7) is 4.69. The van der Waals surface area contributed by atoms with Crippen LogP contribution in [0.4, 0.5) is 0 Å². The van der Waals surface area contributed by atoms with E-state index in [-0.39, 0.29) is 17.7 Å². The maximum absolute atomic E-state index is 12.4. The van der Waals surface area contributed by atoms with Crippen LogP contribution in [0.2, 0.25) is 5.02 Å². The van der Waals surface area contributed by atoms with Crippen molar-refractivity contribution in [3.8, 4) is 5.69 Å². The molecule has 2 aromatic carbocycles. The minimum atomic E-state index is 0.0494. The lowest BCUT2D eigenvalue weighted by Gasteiger charge is -2.08. The van der Waals surface area contributed by atoms with Crippen molar-refractivity contribution >= 4 is 17.5 Å². The lowest BCUT2D eigenvalue weighted by molar-refractivity contribution is -0.122. The molecule has 1 heterocycles. The normalized spacial score (nSPS) is 18.1. The quantitative estimate of drug-likeness (QED) is 0.665. The monoisotopic (exact) mass is 393 g/mol. The van der Waals surface area contributed by atoms with E-state index < -0.39 is 0 Å². The minimum Gasteiger partial charge on any atom is -0.356 e. The second-order valence-electron chi connectivity index (χ2n) is 7.52. The summed E-state index contributed by atoms with van der Waals surface area (Å²) in [7, 11) is 0. The molecule has 1 fully saturated rings. The fraction of sp³-hybridized carbons (Fsp3) is 0.304. The van der Waals surface area contributed by atoms with Gasteiger partial charge in [-0.1, -0.05) is 41.9 Å². The summed E-state index contributed by atoms with van der Waals surface area (Å²) < 4.78 is 1.95. The SMILES string of the molecule is Cc1cc(C)n(-c2ccc(CCNC(=O)C3CC3c3ccccc3Cl)cc2)n1. The van der Waals surface area contributed by atoms with E-state index in [4.69, 9.17) is 11.6 Å². The van der Waals surface area contributed by atoms with Gasteiger partial charge in [0.05, 0.1) is 11.4 Å². The van der Waals surface area contributed by atoms with Crippen LogP contribution in [-0.4, -0.2) is 22.2 Å². The molecule has 5 heteroatoms. The van der Waals surface area contributed by atoms with Gasteiger partial charge in [-0.2, -0.15) is 5.10 Å². The average molecular weight is 394 g/mol. The Morgan fingerprint density at radius 3 is 2.61 bits per heavy atom. The molecule has 1 amide bonds. The molecule has 1 aromatic heterocycles. The van der Waals surface area contributed by atoms with Gasteiger partial charge in [0.1, 0.15) is 0 Å². The molecule has 144 valence electrons. The molecule has 28 heavy (non-hydrogen) atoms. The maximum Gasteiger partial charge on any atom is 0.223 e. The molecule has 2 unspecified atom stereocenters. The van der Waals surface area contributed by atoms with Crippen molar-refractivity contribution in [2.24, 2.45) is 5.92 Å². The van der Waals surface area contributed by atoms with Crippen LogP contribution in [0.5, 0.6) is 0 Å². The number of rotatable bonds is 6. The number of halogens is 1. The Morgan fingerprint density at radius 2 is 1.93 bits per heavy atom. The van der Waals surface area contributed by atoms with Crippen LogP contribution in [0, 0.1) is 19.8 Å².